The third-order valence-electron chi connectivity index (χ3n) is 11.1. The summed E-state index contributed by atoms with van der Waals surface area (Å²) in [5, 5.41) is 23.3. The van der Waals surface area contributed by atoms with Crippen LogP contribution in [-0.4, -0.2) is 124 Å². The molecule has 0 bridgehead atoms. The molecule has 5 amide bonds. The Kier molecular flexibility index (Phi) is 14.9. The minimum Gasteiger partial charge on any atom is -0.444 e. The number of nitrogens with one attached hydrogen (secondary N) is 5. The van der Waals surface area contributed by atoms with Crippen LogP contribution >= 0.6 is 0 Å². The van der Waals surface area contributed by atoms with Gasteiger partial charge >= 0.3 is 12.1 Å². The highest BCUT2D eigenvalue weighted by Gasteiger charge is 2.33. The first-order valence-electron chi connectivity index (χ1n) is 21.1. The van der Waals surface area contributed by atoms with Gasteiger partial charge in [-0.25, -0.2) is 14.0 Å². The lowest BCUT2D eigenvalue weighted by atomic mass is 10.0. The van der Waals surface area contributed by atoms with Crippen LogP contribution in [0, 0.1) is 12.7 Å². The summed E-state index contributed by atoms with van der Waals surface area (Å²) in [6.45, 7) is 11.0. The van der Waals surface area contributed by atoms with E-state index < -0.39 is 41.5 Å². The molecule has 6 rings (SSSR count). The monoisotopic (exact) mass is 842 g/mol. The van der Waals surface area contributed by atoms with E-state index in [9.17, 15) is 23.6 Å². The first-order valence-corrected chi connectivity index (χ1v) is 21.1. The molecular weight excluding hydrogens is 784 g/mol. The third kappa shape index (κ3) is 12.5. The maximum absolute atomic E-state index is 14.4. The number of aryl methyl sites for hydroxylation is 1. The number of aromatic amines is 1. The normalized spacial score (nSPS) is 15.9. The van der Waals surface area contributed by atoms with E-state index in [1.807, 2.05) is 31.2 Å². The minimum absolute atomic E-state index is 0.0839. The van der Waals surface area contributed by atoms with E-state index in [0.29, 0.717) is 101 Å². The van der Waals surface area contributed by atoms with Gasteiger partial charge in [-0.1, -0.05) is 18.2 Å². The Hall–Kier alpha value is -6.04. The quantitative estimate of drug-likeness (QED) is 0.0748. The lowest BCUT2D eigenvalue weighted by Gasteiger charge is -2.38. The maximum atomic E-state index is 14.4. The topological polar surface area (TPSA) is 216 Å². The van der Waals surface area contributed by atoms with Crippen LogP contribution in [-0.2, 0) is 27.3 Å². The highest BCUT2D eigenvalue weighted by molar-refractivity contribution is 5.92. The second kappa shape index (κ2) is 20.5. The number of pyridine rings is 1. The summed E-state index contributed by atoms with van der Waals surface area (Å²) in [4.78, 5) is 64.6. The number of carbonyl (C=O) groups is 4. The number of benzene rings is 2. The predicted molar refractivity (Wildman–Crippen MR) is 230 cm³/mol. The van der Waals surface area contributed by atoms with E-state index in [4.69, 9.17) is 10.5 Å². The van der Waals surface area contributed by atoms with Crippen molar-refractivity contribution in [2.75, 3.05) is 56.4 Å². The molecule has 2 fully saturated rings. The van der Waals surface area contributed by atoms with Crippen molar-refractivity contribution in [1.29, 1.82) is 0 Å². The number of alkyl carbamates (subject to hydrolysis) is 1. The number of amides is 5. The van der Waals surface area contributed by atoms with Crippen molar-refractivity contribution in [3.8, 4) is 0 Å². The van der Waals surface area contributed by atoms with E-state index in [1.165, 1.54) is 6.07 Å². The molecule has 17 nitrogen and oxygen atoms in total. The van der Waals surface area contributed by atoms with Gasteiger partial charge in [0.2, 0.25) is 11.8 Å². The van der Waals surface area contributed by atoms with Crippen LogP contribution in [0.3, 0.4) is 0 Å². The van der Waals surface area contributed by atoms with Gasteiger partial charge < -0.3 is 46.4 Å². The summed E-state index contributed by atoms with van der Waals surface area (Å²) in [6, 6.07) is 10.2. The Morgan fingerprint density at radius 3 is 2.39 bits per heavy atom. The van der Waals surface area contributed by atoms with E-state index in [2.05, 4.69) is 46.6 Å². The number of unbranched alkanes of at least 4 members (excludes halogenated alkanes) is 1. The molecular formula is C43H59FN12O5. The molecule has 4 heterocycles. The molecule has 2 aliphatic rings. The molecule has 0 aliphatic carbocycles. The Bertz CT molecular complexity index is 2110. The van der Waals surface area contributed by atoms with Crippen LogP contribution in [0.15, 0.2) is 54.9 Å². The minimum atomic E-state index is -1.03. The molecule has 0 saturated carbocycles. The molecule has 328 valence electrons. The summed E-state index contributed by atoms with van der Waals surface area (Å²) in [5.41, 5.74) is 10.1. The summed E-state index contributed by atoms with van der Waals surface area (Å²) >= 11 is 0. The fourth-order valence-corrected chi connectivity index (χ4v) is 7.74. The number of piperidine rings is 1. The largest absolute Gasteiger partial charge is 0.444 e. The number of ether oxygens (including phenoxy) is 1. The molecule has 2 aromatic heterocycles. The zero-order valence-corrected chi connectivity index (χ0v) is 35.5. The standard InChI is InChI=1S/C43H59FN12O5/c1-28-24-29(25-35-38(28)52-53-51-35)26-36(50-41(59)56-18-13-31(14-19-56)48-27-30-8-7-9-33(44)37(30)45)39(57)49-34(10-5-6-15-47-42(60)61-43(2,3)4)40(58)55-22-20-54(21-23-55)32-11-16-46-17-12-32/h7-9,11-12,16-17,24-25,31,34,36,48H,5-6,10,13-15,18-23,26-27,45H2,1-4H3,(H,47,60)(H,49,57)(H,50,59)(H,51,52,53)/t34-,36+/m0/s1. The Balaban J connectivity index is 1.13. The molecule has 18 heteroatoms. The SMILES string of the molecule is Cc1cc(C[C@@H](NC(=O)N2CCC(NCc3cccc(F)c3N)CC2)C(=O)N[C@@H](CCCCNC(=O)OC(C)(C)C)C(=O)N2CCN(c3ccncc3)CC2)cc2n[nH]nc12. The summed E-state index contributed by atoms with van der Waals surface area (Å²) in [5.74, 6) is -1.15. The van der Waals surface area contributed by atoms with Crippen molar-refractivity contribution in [2.24, 2.45) is 0 Å². The van der Waals surface area contributed by atoms with Crippen LogP contribution in [0.5, 0.6) is 0 Å². The van der Waals surface area contributed by atoms with Gasteiger partial charge in [0.1, 0.15) is 34.5 Å². The van der Waals surface area contributed by atoms with Crippen LogP contribution in [0.1, 0.15) is 69.6 Å². The van der Waals surface area contributed by atoms with Crippen molar-refractivity contribution in [1.82, 2.24) is 51.5 Å². The van der Waals surface area contributed by atoms with Gasteiger partial charge in [-0.3, -0.25) is 14.6 Å². The lowest BCUT2D eigenvalue weighted by Crippen LogP contribution is -2.59. The highest BCUT2D eigenvalue weighted by atomic mass is 19.1. The van der Waals surface area contributed by atoms with Crippen molar-refractivity contribution in [3.05, 3.63) is 77.4 Å². The van der Waals surface area contributed by atoms with Crippen LogP contribution < -0.4 is 31.9 Å². The molecule has 0 unspecified atom stereocenters. The molecule has 2 aliphatic heterocycles. The smallest absolute Gasteiger partial charge is 0.407 e. The van der Waals surface area contributed by atoms with Gasteiger partial charge in [-0.15, -0.1) is 0 Å². The maximum Gasteiger partial charge on any atom is 0.407 e. The summed E-state index contributed by atoms with van der Waals surface area (Å²) in [6.07, 6.45) is 5.78. The van der Waals surface area contributed by atoms with Crippen LogP contribution in [0.2, 0.25) is 0 Å². The Morgan fingerprint density at radius 2 is 1.67 bits per heavy atom. The zero-order valence-electron chi connectivity index (χ0n) is 35.5. The number of nitrogens with two attached hydrogens (primary N) is 1. The number of urea groups is 1. The van der Waals surface area contributed by atoms with Gasteiger partial charge in [0.25, 0.3) is 0 Å². The molecule has 61 heavy (non-hydrogen) atoms. The van der Waals surface area contributed by atoms with Gasteiger partial charge in [0.15, 0.2) is 0 Å². The number of piperazine rings is 1. The van der Waals surface area contributed by atoms with Crippen molar-refractivity contribution < 1.29 is 28.3 Å². The first-order chi connectivity index (χ1) is 29.2. The van der Waals surface area contributed by atoms with Gasteiger partial charge in [-0.2, -0.15) is 15.4 Å². The number of para-hydroxylation sites is 1. The number of likely N-dealkylation sites (tertiary alicyclic amines) is 1. The number of nitrogen functional groups attached to an aromatic ring is 1. The molecule has 0 radical (unpaired) electrons. The number of H-pyrrole nitrogens is 1. The molecule has 4 aromatic rings. The fraction of sp³-hybridized carbons (Fsp3) is 0.512. The summed E-state index contributed by atoms with van der Waals surface area (Å²) < 4.78 is 19.3. The number of nitrogens with zero attached hydrogens (tertiary/aromatic N) is 6. The number of rotatable bonds is 15. The molecule has 2 saturated heterocycles. The number of hydrogen-bond donors (Lipinski definition) is 6. The van der Waals surface area contributed by atoms with Gasteiger partial charge in [0.05, 0.1) is 5.69 Å². The third-order valence-corrected chi connectivity index (χ3v) is 11.1. The molecule has 7 N–H and O–H groups in total. The number of carbonyl (C=O) groups excluding carboxylic acids is 4. The first kappa shape index (κ1) is 44.5. The van der Waals surface area contributed by atoms with E-state index >= 15 is 0 Å². The molecule has 2 atom stereocenters. The van der Waals surface area contributed by atoms with Gasteiger partial charge in [-0.05, 0) is 101 Å². The molecule has 2 aromatic carbocycles. The number of halogens is 1. The zero-order chi connectivity index (χ0) is 43.5. The average Bonchev–Trinajstić information content (AvgIpc) is 3.72. The van der Waals surface area contributed by atoms with Crippen LogP contribution in [0.4, 0.5) is 25.4 Å². The number of fused-ring (bicyclic) bond motifs is 1. The Labute approximate surface area is 355 Å². The lowest BCUT2D eigenvalue weighted by molar-refractivity contribution is -0.137. The Morgan fingerprint density at radius 1 is 0.934 bits per heavy atom. The van der Waals surface area contributed by atoms with E-state index in [0.717, 1.165) is 16.8 Å². The second-order valence-electron chi connectivity index (χ2n) is 16.8. The van der Waals surface area contributed by atoms with Crippen molar-refractivity contribution >= 4 is 46.3 Å². The highest BCUT2D eigenvalue weighted by Crippen LogP contribution is 2.21. The van der Waals surface area contributed by atoms with Gasteiger partial charge in [0, 0.05) is 82.9 Å². The van der Waals surface area contributed by atoms with Crippen molar-refractivity contribution in [2.45, 2.75) is 96.5 Å². The van der Waals surface area contributed by atoms with Crippen molar-refractivity contribution in [3.63, 3.8) is 0 Å². The average molecular weight is 843 g/mol. The molecule has 0 spiro atoms. The number of hydrogen-bond acceptors (Lipinski definition) is 11. The van der Waals surface area contributed by atoms with E-state index in [-0.39, 0.29) is 24.1 Å². The fourth-order valence-electron chi connectivity index (χ4n) is 7.74. The number of aromatic nitrogens is 4. The van der Waals surface area contributed by atoms with E-state index in [1.54, 1.807) is 55.1 Å². The number of anilines is 2. The second-order valence-corrected chi connectivity index (χ2v) is 16.8. The van der Waals surface area contributed by atoms with Crippen LogP contribution in [0.25, 0.3) is 11.0 Å². The predicted octanol–water partition coefficient (Wildman–Crippen LogP) is 3.79. The summed E-state index contributed by atoms with van der Waals surface area (Å²) in [7, 11) is 0.